The van der Waals surface area contributed by atoms with Gasteiger partial charge in [-0.25, -0.2) is 4.98 Å². The summed E-state index contributed by atoms with van der Waals surface area (Å²) in [4.78, 5) is 24.0. The summed E-state index contributed by atoms with van der Waals surface area (Å²) >= 11 is 7.57. The van der Waals surface area contributed by atoms with Crippen LogP contribution in [0.3, 0.4) is 0 Å². The van der Waals surface area contributed by atoms with E-state index < -0.39 is 0 Å². The maximum atomic E-state index is 13.2. The van der Waals surface area contributed by atoms with Gasteiger partial charge in [0.15, 0.2) is 5.13 Å². The van der Waals surface area contributed by atoms with Crippen molar-refractivity contribution < 1.29 is 4.79 Å². The average molecular weight is 408 g/mol. The van der Waals surface area contributed by atoms with Crippen molar-refractivity contribution in [3.05, 3.63) is 88.7 Å². The lowest BCUT2D eigenvalue weighted by atomic mass is 10.1. The number of nitrogens with zero attached hydrogens (tertiary/aromatic N) is 3. The van der Waals surface area contributed by atoms with E-state index >= 15 is 0 Å². The number of hydrogen-bond donors (Lipinski definition) is 0. The van der Waals surface area contributed by atoms with Crippen LogP contribution in [0.5, 0.6) is 0 Å². The van der Waals surface area contributed by atoms with E-state index in [4.69, 9.17) is 11.6 Å². The average Bonchev–Trinajstić information content (AvgIpc) is 3.09. The number of halogens is 1. The van der Waals surface area contributed by atoms with Crippen LogP contribution >= 0.6 is 22.9 Å². The first-order valence-corrected chi connectivity index (χ1v) is 10.1. The minimum absolute atomic E-state index is 0.0126. The maximum Gasteiger partial charge on any atom is 0.233 e. The molecular weight excluding hydrogens is 390 g/mol. The number of thiazole rings is 1. The highest BCUT2D eigenvalue weighted by Crippen LogP contribution is 2.31. The third-order valence-corrected chi connectivity index (χ3v) is 5.63. The van der Waals surface area contributed by atoms with Crippen molar-refractivity contribution in [2.75, 3.05) is 4.90 Å². The van der Waals surface area contributed by atoms with Gasteiger partial charge in [-0.3, -0.25) is 14.7 Å². The first-order chi connectivity index (χ1) is 13.6. The molecule has 4 aromatic rings. The molecule has 6 heteroatoms. The Labute approximate surface area is 172 Å². The summed E-state index contributed by atoms with van der Waals surface area (Å²) in [5.41, 5.74) is 3.77. The maximum absolute atomic E-state index is 13.2. The molecule has 0 bridgehead atoms. The SMILES string of the molecule is Cc1cccc(CC(=O)N(Cc2ccccn2)c2nc3ccc(Cl)cc3s2)c1. The minimum atomic E-state index is -0.0126. The Kier molecular flexibility index (Phi) is 5.37. The lowest BCUT2D eigenvalue weighted by Crippen LogP contribution is -2.32. The smallest absolute Gasteiger partial charge is 0.233 e. The van der Waals surface area contributed by atoms with Crippen LogP contribution in [0.4, 0.5) is 5.13 Å². The highest BCUT2D eigenvalue weighted by atomic mass is 35.5. The highest BCUT2D eigenvalue weighted by molar-refractivity contribution is 7.22. The van der Waals surface area contributed by atoms with Gasteiger partial charge in [-0.15, -0.1) is 0 Å². The zero-order valence-corrected chi connectivity index (χ0v) is 16.9. The van der Waals surface area contributed by atoms with E-state index in [-0.39, 0.29) is 5.91 Å². The number of carbonyl (C=O) groups is 1. The molecule has 0 aliphatic rings. The number of rotatable bonds is 5. The molecule has 0 fully saturated rings. The van der Waals surface area contributed by atoms with Crippen molar-refractivity contribution in [2.45, 2.75) is 19.9 Å². The van der Waals surface area contributed by atoms with Gasteiger partial charge in [0, 0.05) is 11.2 Å². The van der Waals surface area contributed by atoms with Gasteiger partial charge < -0.3 is 0 Å². The monoisotopic (exact) mass is 407 g/mol. The number of anilines is 1. The molecule has 28 heavy (non-hydrogen) atoms. The Morgan fingerprint density at radius 3 is 2.79 bits per heavy atom. The standard InChI is InChI=1S/C22H18ClN3OS/c1-15-5-4-6-16(11-15)12-21(27)26(14-18-7-2-3-10-24-18)22-25-19-9-8-17(23)13-20(19)28-22/h2-11,13H,12,14H2,1H3. The van der Waals surface area contributed by atoms with Crippen LogP contribution in [0.15, 0.2) is 66.9 Å². The van der Waals surface area contributed by atoms with Gasteiger partial charge in [-0.1, -0.05) is 58.8 Å². The molecule has 0 saturated carbocycles. The van der Waals surface area contributed by atoms with E-state index in [0.29, 0.717) is 23.1 Å². The molecule has 4 rings (SSSR count). The Morgan fingerprint density at radius 2 is 2.00 bits per heavy atom. The number of pyridine rings is 1. The van der Waals surface area contributed by atoms with Crippen molar-refractivity contribution in [1.82, 2.24) is 9.97 Å². The normalized spacial score (nSPS) is 10.9. The summed E-state index contributed by atoms with van der Waals surface area (Å²) in [5.74, 6) is -0.0126. The number of carbonyl (C=O) groups excluding carboxylic acids is 1. The second-order valence-electron chi connectivity index (χ2n) is 6.58. The summed E-state index contributed by atoms with van der Waals surface area (Å²) in [6.45, 7) is 2.40. The van der Waals surface area contributed by atoms with E-state index in [9.17, 15) is 4.79 Å². The summed E-state index contributed by atoms with van der Waals surface area (Å²) in [5, 5.41) is 1.31. The molecule has 4 nitrogen and oxygen atoms in total. The van der Waals surface area contributed by atoms with E-state index in [1.165, 1.54) is 11.3 Å². The lowest BCUT2D eigenvalue weighted by molar-refractivity contribution is -0.118. The molecule has 0 N–H and O–H groups in total. The zero-order chi connectivity index (χ0) is 19.5. The molecule has 0 unspecified atom stereocenters. The van der Waals surface area contributed by atoms with Gasteiger partial charge in [0.05, 0.1) is 28.9 Å². The number of benzene rings is 2. The van der Waals surface area contributed by atoms with Crippen molar-refractivity contribution in [3.8, 4) is 0 Å². The van der Waals surface area contributed by atoms with Crippen LogP contribution in [0.25, 0.3) is 10.2 Å². The first-order valence-electron chi connectivity index (χ1n) is 8.90. The van der Waals surface area contributed by atoms with Gasteiger partial charge in [0.25, 0.3) is 0 Å². The number of hydrogen-bond acceptors (Lipinski definition) is 4. The van der Waals surface area contributed by atoms with Crippen LogP contribution in [0.1, 0.15) is 16.8 Å². The Hall–Kier alpha value is -2.76. The van der Waals surface area contributed by atoms with Crippen LogP contribution in [-0.4, -0.2) is 15.9 Å². The number of aromatic nitrogens is 2. The molecule has 0 spiro atoms. The predicted molar refractivity (Wildman–Crippen MR) is 115 cm³/mol. The zero-order valence-electron chi connectivity index (χ0n) is 15.3. The third-order valence-electron chi connectivity index (χ3n) is 4.36. The summed E-state index contributed by atoms with van der Waals surface area (Å²) in [7, 11) is 0. The van der Waals surface area contributed by atoms with Gasteiger partial charge in [-0.05, 0) is 42.8 Å². The molecule has 0 radical (unpaired) electrons. The Balaban J connectivity index is 1.68. The lowest BCUT2D eigenvalue weighted by Gasteiger charge is -2.19. The minimum Gasteiger partial charge on any atom is -0.282 e. The van der Waals surface area contributed by atoms with E-state index in [0.717, 1.165) is 27.0 Å². The fourth-order valence-corrected chi connectivity index (χ4v) is 4.27. The van der Waals surface area contributed by atoms with E-state index in [1.54, 1.807) is 11.1 Å². The highest BCUT2D eigenvalue weighted by Gasteiger charge is 2.21. The number of amides is 1. The molecule has 1 amide bonds. The third kappa shape index (κ3) is 4.21. The van der Waals surface area contributed by atoms with Crippen molar-refractivity contribution in [2.24, 2.45) is 0 Å². The predicted octanol–water partition coefficient (Wildman–Crippen LogP) is 5.43. The fraction of sp³-hybridized carbons (Fsp3) is 0.136. The van der Waals surface area contributed by atoms with Crippen molar-refractivity contribution in [3.63, 3.8) is 0 Å². The molecular formula is C22H18ClN3OS. The van der Waals surface area contributed by atoms with Gasteiger partial charge in [0.2, 0.25) is 5.91 Å². The van der Waals surface area contributed by atoms with Gasteiger partial charge in [-0.2, -0.15) is 0 Å². The Morgan fingerprint density at radius 1 is 1.11 bits per heavy atom. The van der Waals surface area contributed by atoms with Crippen LogP contribution in [0, 0.1) is 6.92 Å². The van der Waals surface area contributed by atoms with E-state index in [2.05, 4.69) is 9.97 Å². The number of fused-ring (bicyclic) bond motifs is 1. The van der Waals surface area contributed by atoms with Gasteiger partial charge >= 0.3 is 0 Å². The molecule has 2 aromatic heterocycles. The van der Waals surface area contributed by atoms with Gasteiger partial charge in [0.1, 0.15) is 0 Å². The van der Waals surface area contributed by atoms with Crippen LogP contribution < -0.4 is 4.90 Å². The van der Waals surface area contributed by atoms with Crippen molar-refractivity contribution >= 4 is 44.2 Å². The van der Waals surface area contributed by atoms with Crippen LogP contribution in [0.2, 0.25) is 5.02 Å². The molecule has 2 heterocycles. The van der Waals surface area contributed by atoms with Crippen molar-refractivity contribution in [1.29, 1.82) is 0 Å². The van der Waals surface area contributed by atoms with Crippen LogP contribution in [-0.2, 0) is 17.8 Å². The summed E-state index contributed by atoms with van der Waals surface area (Å²) < 4.78 is 0.955. The second-order valence-corrected chi connectivity index (χ2v) is 8.02. The molecule has 0 aliphatic carbocycles. The molecule has 0 aliphatic heterocycles. The topological polar surface area (TPSA) is 46.1 Å². The first kappa shape index (κ1) is 18.6. The molecule has 0 saturated heterocycles. The second kappa shape index (κ2) is 8.09. The molecule has 0 atom stereocenters. The molecule has 2 aromatic carbocycles. The fourth-order valence-electron chi connectivity index (χ4n) is 3.01. The largest absolute Gasteiger partial charge is 0.282 e. The quantitative estimate of drug-likeness (QED) is 0.443. The summed E-state index contributed by atoms with van der Waals surface area (Å²) in [6, 6.07) is 19.3. The van der Waals surface area contributed by atoms with E-state index in [1.807, 2.05) is 67.6 Å². The summed E-state index contributed by atoms with van der Waals surface area (Å²) in [6.07, 6.45) is 2.04. The molecule has 140 valence electrons. The Bertz CT molecular complexity index is 1130. The number of aryl methyl sites for hydroxylation is 1.